The molecule has 1 unspecified atom stereocenters. The molecule has 2 aromatic carbocycles. The molecule has 23 heavy (non-hydrogen) atoms. The van der Waals surface area contributed by atoms with Gasteiger partial charge in [-0.1, -0.05) is 47.6 Å². The Bertz CT molecular complexity index is 668. The van der Waals surface area contributed by atoms with Gasteiger partial charge >= 0.3 is 0 Å². The molecule has 4 nitrogen and oxygen atoms in total. The third-order valence-electron chi connectivity index (χ3n) is 3.82. The Hall–Kier alpha value is -2.33. The second-order valence-corrected chi connectivity index (χ2v) is 5.89. The second-order valence-electron chi connectivity index (χ2n) is 5.89. The lowest BCUT2D eigenvalue weighted by molar-refractivity contribution is 0.123. The quantitative estimate of drug-likeness (QED) is 0.626. The van der Waals surface area contributed by atoms with Crippen LogP contribution in [0.3, 0.4) is 0 Å². The van der Waals surface area contributed by atoms with Gasteiger partial charge in [0, 0.05) is 18.5 Å². The van der Waals surface area contributed by atoms with Gasteiger partial charge in [-0.3, -0.25) is 0 Å². The van der Waals surface area contributed by atoms with Crippen molar-refractivity contribution in [1.29, 1.82) is 0 Å². The molecule has 0 spiro atoms. The number of nitrogens with zero attached hydrogens (tertiary/aromatic N) is 2. The van der Waals surface area contributed by atoms with Crippen molar-refractivity contribution in [3.8, 4) is 5.75 Å². The molecule has 0 N–H and O–H groups in total. The Morgan fingerprint density at radius 2 is 1.83 bits per heavy atom. The van der Waals surface area contributed by atoms with Gasteiger partial charge in [0.25, 0.3) is 0 Å². The number of ether oxygens (including phenoxy) is 1. The first kappa shape index (κ1) is 15.6. The van der Waals surface area contributed by atoms with Gasteiger partial charge in [0.1, 0.15) is 18.5 Å². The molecule has 0 saturated heterocycles. The first-order valence-electron chi connectivity index (χ1n) is 7.88. The molecule has 0 saturated carbocycles. The lowest BCUT2D eigenvalue weighted by Crippen LogP contribution is -2.22. The first-order chi connectivity index (χ1) is 11.2. The predicted octanol–water partition coefficient (Wildman–Crippen LogP) is 3.49. The van der Waals surface area contributed by atoms with E-state index in [1.54, 1.807) is 0 Å². The third-order valence-corrected chi connectivity index (χ3v) is 3.82. The van der Waals surface area contributed by atoms with Gasteiger partial charge in [-0.05, 0) is 31.8 Å². The van der Waals surface area contributed by atoms with Crippen LogP contribution in [0.25, 0.3) is 0 Å². The zero-order valence-corrected chi connectivity index (χ0v) is 13.6. The Balaban J connectivity index is 1.81. The molecule has 1 heterocycles. The summed E-state index contributed by atoms with van der Waals surface area (Å²) < 4.78 is 6.15. The van der Waals surface area contributed by atoms with Crippen molar-refractivity contribution in [1.82, 2.24) is 4.90 Å². The fourth-order valence-electron chi connectivity index (χ4n) is 2.58. The van der Waals surface area contributed by atoms with Crippen LogP contribution in [0.15, 0.2) is 59.8 Å². The van der Waals surface area contributed by atoms with E-state index in [9.17, 15) is 0 Å². The van der Waals surface area contributed by atoms with E-state index in [-0.39, 0.29) is 6.10 Å². The van der Waals surface area contributed by atoms with Gasteiger partial charge in [0.2, 0.25) is 0 Å². The van der Waals surface area contributed by atoms with E-state index in [2.05, 4.69) is 22.2 Å². The fourth-order valence-corrected chi connectivity index (χ4v) is 2.58. The van der Waals surface area contributed by atoms with Crippen LogP contribution >= 0.6 is 0 Å². The Kier molecular flexibility index (Phi) is 4.93. The normalized spacial score (nSPS) is 18.6. The van der Waals surface area contributed by atoms with Crippen molar-refractivity contribution in [3.05, 3.63) is 65.7 Å². The molecular formula is C19H22N2O2. The highest BCUT2D eigenvalue weighted by Gasteiger charge is 2.26. The van der Waals surface area contributed by atoms with Crippen LogP contribution in [0.1, 0.15) is 23.7 Å². The predicted molar refractivity (Wildman–Crippen MR) is 91.9 cm³/mol. The summed E-state index contributed by atoms with van der Waals surface area (Å²) in [5.41, 5.74) is 3.12. The molecule has 1 aliphatic rings. The number of rotatable bonds is 5. The van der Waals surface area contributed by atoms with E-state index in [4.69, 9.17) is 9.57 Å². The summed E-state index contributed by atoms with van der Waals surface area (Å²) in [4.78, 5) is 7.59. The van der Waals surface area contributed by atoms with Crippen molar-refractivity contribution in [2.45, 2.75) is 12.5 Å². The van der Waals surface area contributed by atoms with Crippen molar-refractivity contribution in [3.63, 3.8) is 0 Å². The molecule has 0 radical (unpaired) electrons. The summed E-state index contributed by atoms with van der Waals surface area (Å²) in [7, 11) is 4.04. The maximum Gasteiger partial charge on any atom is 0.129 e. The van der Waals surface area contributed by atoms with Crippen LogP contribution < -0.4 is 4.74 Å². The minimum Gasteiger partial charge on any atom is -0.485 e. The summed E-state index contributed by atoms with van der Waals surface area (Å²) in [5, 5.41) is 4.38. The molecule has 0 amide bonds. The highest BCUT2D eigenvalue weighted by Crippen LogP contribution is 2.35. The van der Waals surface area contributed by atoms with E-state index < -0.39 is 0 Å². The van der Waals surface area contributed by atoms with Gasteiger partial charge in [-0.15, -0.1) is 0 Å². The van der Waals surface area contributed by atoms with E-state index in [1.807, 2.05) is 56.6 Å². The molecular weight excluding hydrogens is 288 g/mol. The van der Waals surface area contributed by atoms with Gasteiger partial charge in [0.05, 0.1) is 5.71 Å². The van der Waals surface area contributed by atoms with Crippen LogP contribution in [0, 0.1) is 0 Å². The van der Waals surface area contributed by atoms with E-state index in [1.165, 1.54) is 0 Å². The minimum absolute atomic E-state index is 0.0256. The number of hydrogen-bond donors (Lipinski definition) is 0. The maximum absolute atomic E-state index is 6.15. The summed E-state index contributed by atoms with van der Waals surface area (Å²) in [5.74, 6) is 0.863. The Morgan fingerprint density at radius 3 is 2.61 bits per heavy atom. The lowest BCUT2D eigenvalue weighted by atomic mass is 9.96. The van der Waals surface area contributed by atoms with E-state index >= 15 is 0 Å². The van der Waals surface area contributed by atoms with Gasteiger partial charge < -0.3 is 14.5 Å². The fraction of sp³-hybridized carbons (Fsp3) is 0.316. The third kappa shape index (κ3) is 3.90. The van der Waals surface area contributed by atoms with Crippen LogP contribution in [0.5, 0.6) is 5.75 Å². The maximum atomic E-state index is 6.15. The summed E-state index contributed by atoms with van der Waals surface area (Å²) in [6.45, 7) is 1.42. The van der Waals surface area contributed by atoms with Crippen LogP contribution in [0.2, 0.25) is 0 Å². The van der Waals surface area contributed by atoms with Crippen molar-refractivity contribution in [2.75, 3.05) is 27.2 Å². The molecule has 0 aliphatic carbocycles. The summed E-state index contributed by atoms with van der Waals surface area (Å²) in [6.07, 6.45) is 0.686. The largest absolute Gasteiger partial charge is 0.485 e. The molecule has 4 heteroatoms. The molecule has 0 bridgehead atoms. The highest BCUT2D eigenvalue weighted by molar-refractivity contribution is 6.03. The molecule has 0 fully saturated rings. The van der Waals surface area contributed by atoms with E-state index in [0.29, 0.717) is 13.0 Å². The topological polar surface area (TPSA) is 34.1 Å². The average molecular weight is 310 g/mol. The molecule has 1 atom stereocenters. The van der Waals surface area contributed by atoms with Crippen LogP contribution in [0.4, 0.5) is 0 Å². The van der Waals surface area contributed by atoms with Crippen LogP contribution in [-0.2, 0) is 4.84 Å². The lowest BCUT2D eigenvalue weighted by Gasteiger charge is -2.27. The van der Waals surface area contributed by atoms with Gasteiger partial charge in [-0.25, -0.2) is 0 Å². The van der Waals surface area contributed by atoms with Crippen molar-refractivity contribution in [2.24, 2.45) is 5.16 Å². The highest BCUT2D eigenvalue weighted by atomic mass is 16.6. The van der Waals surface area contributed by atoms with E-state index in [0.717, 1.165) is 29.1 Å². The first-order valence-corrected chi connectivity index (χ1v) is 7.88. The zero-order chi connectivity index (χ0) is 16.1. The molecule has 3 rings (SSSR count). The number of fused-ring (bicyclic) bond motifs is 1. The standard InChI is InChI=1S/C19H22N2O2/c1-21(2)12-13-22-20-17-14-19(15-8-4-3-5-9-15)23-18-11-7-6-10-16(17)18/h3-11,19H,12-14H2,1-2H3/b20-17+. The molecule has 1 aliphatic heterocycles. The van der Waals surface area contributed by atoms with Crippen molar-refractivity contribution >= 4 is 5.71 Å². The minimum atomic E-state index is -0.0256. The molecule has 120 valence electrons. The number of benzene rings is 2. The Morgan fingerprint density at radius 1 is 1.09 bits per heavy atom. The SMILES string of the molecule is CN(C)CCO/N=C1\CC(c2ccccc2)Oc2ccccc21. The monoisotopic (exact) mass is 310 g/mol. The number of oxime groups is 1. The number of para-hydroxylation sites is 1. The average Bonchev–Trinajstić information content (AvgIpc) is 2.59. The number of likely N-dealkylation sites (N-methyl/N-ethyl adjacent to an activating group) is 1. The number of hydrogen-bond acceptors (Lipinski definition) is 4. The second kappa shape index (κ2) is 7.29. The summed E-state index contributed by atoms with van der Waals surface area (Å²) >= 11 is 0. The van der Waals surface area contributed by atoms with Crippen LogP contribution in [-0.4, -0.2) is 37.9 Å². The zero-order valence-electron chi connectivity index (χ0n) is 13.6. The van der Waals surface area contributed by atoms with Gasteiger partial charge in [0.15, 0.2) is 0 Å². The molecule has 0 aromatic heterocycles. The molecule has 2 aromatic rings. The smallest absolute Gasteiger partial charge is 0.129 e. The van der Waals surface area contributed by atoms with Crippen molar-refractivity contribution < 1.29 is 9.57 Å². The van der Waals surface area contributed by atoms with Gasteiger partial charge in [-0.2, -0.15) is 0 Å². The summed E-state index contributed by atoms with van der Waals surface area (Å²) in [6, 6.07) is 18.3. The Labute approximate surface area is 137 Å².